The van der Waals surface area contributed by atoms with E-state index in [0.717, 1.165) is 74.0 Å². The molecular formula is C34H46O8. The van der Waals surface area contributed by atoms with Crippen LogP contribution in [-0.4, -0.2) is 51.8 Å². The summed E-state index contributed by atoms with van der Waals surface area (Å²) in [6.45, 7) is 3.62. The third-order valence-corrected chi connectivity index (χ3v) is 7.53. The van der Waals surface area contributed by atoms with Crippen molar-refractivity contribution in [2.45, 2.75) is 84.0 Å². The van der Waals surface area contributed by atoms with Crippen LogP contribution in [0.25, 0.3) is 0 Å². The molecule has 1 unspecified atom stereocenters. The summed E-state index contributed by atoms with van der Waals surface area (Å²) in [4.78, 5) is 36.1. The molecule has 230 valence electrons. The summed E-state index contributed by atoms with van der Waals surface area (Å²) in [5.41, 5.74) is 2.64. The molecule has 2 aromatic rings. The second-order valence-electron chi connectivity index (χ2n) is 10.7. The maximum atomic E-state index is 12.6. The second kappa shape index (κ2) is 18.1. The summed E-state index contributed by atoms with van der Waals surface area (Å²) < 4.78 is 27.8. The number of Topliss-reactive ketones (excluding diaryl/α,β-unsaturated/α-hetero) is 1. The number of fused-ring (bicyclic) bond motifs is 1. The Kier molecular flexibility index (Phi) is 14.2. The predicted molar refractivity (Wildman–Crippen MR) is 160 cm³/mol. The first-order valence-corrected chi connectivity index (χ1v) is 15.3. The fraction of sp³-hybridized carbons (Fsp3) is 0.559. The fourth-order valence-corrected chi connectivity index (χ4v) is 5.23. The Bertz CT molecular complexity index is 1160. The van der Waals surface area contributed by atoms with Gasteiger partial charge in [0.05, 0.1) is 45.5 Å². The highest BCUT2D eigenvalue weighted by Gasteiger charge is 2.24. The standard InChI is InChI=1S/C34H46O8/c1-4-13-28-31(19-18-27-29(35)20-23-42-33(27)28)41-21-11-6-5-7-15-26(34(37)39-3)24-25-14-8-9-16-30(25)40-22-12-10-17-32(36)38-2/h8-9,14,16,18-19,26H,4-7,10-13,15,17,20-24H2,1-3H3. The normalized spacial score (nSPS) is 13.1. The summed E-state index contributed by atoms with van der Waals surface area (Å²) in [5, 5.41) is 0. The first-order chi connectivity index (χ1) is 20.5. The van der Waals surface area contributed by atoms with Gasteiger partial charge in [0.1, 0.15) is 17.2 Å². The molecule has 1 heterocycles. The van der Waals surface area contributed by atoms with Crippen LogP contribution in [0, 0.1) is 5.92 Å². The van der Waals surface area contributed by atoms with E-state index in [0.29, 0.717) is 56.8 Å². The smallest absolute Gasteiger partial charge is 0.308 e. The minimum absolute atomic E-state index is 0.133. The first kappa shape index (κ1) is 33.0. The Hall–Kier alpha value is -3.55. The highest BCUT2D eigenvalue weighted by molar-refractivity contribution is 6.00. The maximum absolute atomic E-state index is 12.6. The molecule has 8 heteroatoms. The number of para-hydroxylation sites is 1. The molecule has 1 atom stereocenters. The van der Waals surface area contributed by atoms with Gasteiger partial charge in [-0.15, -0.1) is 0 Å². The number of hydrogen-bond acceptors (Lipinski definition) is 8. The Morgan fingerprint density at radius 1 is 0.881 bits per heavy atom. The lowest BCUT2D eigenvalue weighted by Gasteiger charge is -2.22. The molecule has 42 heavy (non-hydrogen) atoms. The average molecular weight is 583 g/mol. The van der Waals surface area contributed by atoms with Crippen molar-refractivity contribution >= 4 is 17.7 Å². The zero-order chi connectivity index (χ0) is 30.2. The van der Waals surface area contributed by atoms with Crippen molar-refractivity contribution < 1.29 is 38.1 Å². The van der Waals surface area contributed by atoms with Crippen LogP contribution in [0.5, 0.6) is 17.2 Å². The number of benzene rings is 2. The van der Waals surface area contributed by atoms with Gasteiger partial charge < -0.3 is 23.7 Å². The van der Waals surface area contributed by atoms with Crippen molar-refractivity contribution in [2.75, 3.05) is 34.0 Å². The van der Waals surface area contributed by atoms with Gasteiger partial charge in [-0.05, 0) is 62.3 Å². The van der Waals surface area contributed by atoms with Crippen LogP contribution in [0.3, 0.4) is 0 Å². The van der Waals surface area contributed by atoms with E-state index in [1.54, 1.807) is 0 Å². The molecule has 0 spiro atoms. The van der Waals surface area contributed by atoms with Crippen LogP contribution in [0.1, 0.15) is 92.6 Å². The first-order valence-electron chi connectivity index (χ1n) is 15.3. The third kappa shape index (κ3) is 10.1. The molecule has 0 N–H and O–H groups in total. The second-order valence-corrected chi connectivity index (χ2v) is 10.7. The van der Waals surface area contributed by atoms with Crippen LogP contribution < -0.4 is 14.2 Å². The molecule has 0 saturated carbocycles. The minimum atomic E-state index is -0.245. The molecule has 1 aliphatic heterocycles. The number of methoxy groups -OCH3 is 2. The van der Waals surface area contributed by atoms with Gasteiger partial charge in [0.15, 0.2) is 5.78 Å². The number of unbranched alkanes of at least 4 members (excludes halogenated alkanes) is 4. The van der Waals surface area contributed by atoms with Gasteiger partial charge in [0, 0.05) is 18.4 Å². The molecule has 0 saturated heterocycles. The van der Waals surface area contributed by atoms with E-state index < -0.39 is 0 Å². The molecule has 1 aliphatic rings. The number of hydrogen-bond donors (Lipinski definition) is 0. The van der Waals surface area contributed by atoms with Gasteiger partial charge in [-0.1, -0.05) is 50.8 Å². The molecule has 0 radical (unpaired) electrons. The van der Waals surface area contributed by atoms with Crippen LogP contribution in [0.15, 0.2) is 36.4 Å². The number of ketones is 1. The number of esters is 2. The summed E-state index contributed by atoms with van der Waals surface area (Å²) in [6.07, 6.45) is 9.07. The Morgan fingerprint density at radius 2 is 1.62 bits per heavy atom. The zero-order valence-corrected chi connectivity index (χ0v) is 25.4. The van der Waals surface area contributed by atoms with Gasteiger partial charge in [-0.3, -0.25) is 14.4 Å². The molecular weight excluding hydrogens is 536 g/mol. The van der Waals surface area contributed by atoms with E-state index in [-0.39, 0.29) is 23.6 Å². The van der Waals surface area contributed by atoms with E-state index in [9.17, 15) is 14.4 Å². The Morgan fingerprint density at radius 3 is 2.38 bits per heavy atom. The number of carbonyl (C=O) groups is 3. The molecule has 8 nitrogen and oxygen atoms in total. The van der Waals surface area contributed by atoms with E-state index >= 15 is 0 Å². The topological polar surface area (TPSA) is 97.4 Å². The zero-order valence-electron chi connectivity index (χ0n) is 25.4. The van der Waals surface area contributed by atoms with E-state index in [1.807, 2.05) is 36.4 Å². The predicted octanol–water partition coefficient (Wildman–Crippen LogP) is 6.69. The largest absolute Gasteiger partial charge is 0.493 e. The quantitative estimate of drug-likeness (QED) is 0.134. The van der Waals surface area contributed by atoms with E-state index in [2.05, 4.69) is 11.7 Å². The van der Waals surface area contributed by atoms with Crippen LogP contribution >= 0.6 is 0 Å². The van der Waals surface area contributed by atoms with Gasteiger partial charge in [-0.25, -0.2) is 0 Å². The number of carbonyl (C=O) groups excluding carboxylic acids is 3. The molecule has 0 fully saturated rings. The summed E-state index contributed by atoms with van der Waals surface area (Å²) in [5.74, 6) is 1.74. The third-order valence-electron chi connectivity index (χ3n) is 7.53. The lowest BCUT2D eigenvalue weighted by Crippen LogP contribution is -2.19. The maximum Gasteiger partial charge on any atom is 0.308 e. The van der Waals surface area contributed by atoms with Crippen molar-refractivity contribution in [3.05, 3.63) is 53.1 Å². The van der Waals surface area contributed by atoms with Crippen molar-refractivity contribution in [1.29, 1.82) is 0 Å². The highest BCUT2D eigenvalue weighted by Crippen LogP contribution is 2.36. The van der Waals surface area contributed by atoms with Gasteiger partial charge in [-0.2, -0.15) is 0 Å². The van der Waals surface area contributed by atoms with E-state index in [4.69, 9.17) is 18.9 Å². The van der Waals surface area contributed by atoms with Crippen molar-refractivity contribution in [3.8, 4) is 17.2 Å². The number of ether oxygens (including phenoxy) is 5. The average Bonchev–Trinajstić information content (AvgIpc) is 3.01. The van der Waals surface area contributed by atoms with Gasteiger partial charge in [0.25, 0.3) is 0 Å². The molecule has 0 bridgehead atoms. The lowest BCUT2D eigenvalue weighted by molar-refractivity contribution is -0.145. The molecule has 0 amide bonds. The van der Waals surface area contributed by atoms with E-state index in [1.165, 1.54) is 14.2 Å². The minimum Gasteiger partial charge on any atom is -0.493 e. The van der Waals surface area contributed by atoms with Crippen molar-refractivity contribution in [2.24, 2.45) is 5.92 Å². The SMILES string of the molecule is CCCc1c(OCCCCCCC(Cc2ccccc2OCCCCC(=O)OC)C(=O)OC)ccc2c1OCCC2=O. The lowest BCUT2D eigenvalue weighted by atomic mass is 9.93. The molecule has 0 aliphatic carbocycles. The van der Waals surface area contributed by atoms with Crippen molar-refractivity contribution in [1.82, 2.24) is 0 Å². The van der Waals surface area contributed by atoms with Gasteiger partial charge >= 0.3 is 11.9 Å². The molecule has 3 rings (SSSR count). The van der Waals surface area contributed by atoms with Crippen LogP contribution in [-0.2, 0) is 31.9 Å². The summed E-state index contributed by atoms with van der Waals surface area (Å²) in [6, 6.07) is 11.5. The highest BCUT2D eigenvalue weighted by atomic mass is 16.5. The Labute approximate surface area is 250 Å². The molecule has 2 aromatic carbocycles. The molecule has 0 aromatic heterocycles. The van der Waals surface area contributed by atoms with Crippen LogP contribution in [0.4, 0.5) is 0 Å². The van der Waals surface area contributed by atoms with Crippen molar-refractivity contribution in [3.63, 3.8) is 0 Å². The van der Waals surface area contributed by atoms with Crippen LogP contribution in [0.2, 0.25) is 0 Å². The van der Waals surface area contributed by atoms with Gasteiger partial charge in [0.2, 0.25) is 0 Å². The number of rotatable bonds is 19. The summed E-state index contributed by atoms with van der Waals surface area (Å²) >= 11 is 0. The fourth-order valence-electron chi connectivity index (χ4n) is 5.23. The monoisotopic (exact) mass is 582 g/mol. The Balaban J connectivity index is 1.43. The summed E-state index contributed by atoms with van der Waals surface area (Å²) in [7, 11) is 2.83.